The summed E-state index contributed by atoms with van der Waals surface area (Å²) in [5.41, 5.74) is 21.8. The number of anilines is 3. The van der Waals surface area contributed by atoms with E-state index in [2.05, 4.69) is 202 Å². The van der Waals surface area contributed by atoms with E-state index in [4.69, 9.17) is 0 Å². The Morgan fingerprint density at radius 3 is 1.67 bits per heavy atom. The highest BCUT2D eigenvalue weighted by Crippen LogP contribution is 2.64. The van der Waals surface area contributed by atoms with Gasteiger partial charge in [-0.05, 0) is 170 Å². The van der Waals surface area contributed by atoms with Crippen molar-refractivity contribution >= 4 is 27.8 Å². The Kier molecular flexibility index (Phi) is 7.96. The molecule has 0 atom stereocenters. The number of rotatable bonds is 6. The van der Waals surface area contributed by atoms with Gasteiger partial charge in [-0.1, -0.05) is 167 Å². The summed E-state index contributed by atoms with van der Waals surface area (Å²) < 4.78 is 0. The molecule has 0 N–H and O–H groups in total. The molecule has 0 saturated heterocycles. The van der Waals surface area contributed by atoms with Crippen LogP contribution in [0.15, 0.2) is 170 Å². The van der Waals surface area contributed by atoms with Gasteiger partial charge in [-0.2, -0.15) is 0 Å². The molecular weight excluding hydrogens is 759 g/mol. The fourth-order valence-corrected chi connectivity index (χ4v) is 14.5. The van der Waals surface area contributed by atoms with Crippen LogP contribution in [0.2, 0.25) is 0 Å². The summed E-state index contributed by atoms with van der Waals surface area (Å²) >= 11 is 0. The summed E-state index contributed by atoms with van der Waals surface area (Å²) in [6.45, 7) is 9.81. The maximum Gasteiger partial charge on any atom is 0.0543 e. The van der Waals surface area contributed by atoms with Crippen LogP contribution in [-0.4, -0.2) is 0 Å². The van der Waals surface area contributed by atoms with Crippen LogP contribution in [0.5, 0.6) is 0 Å². The highest BCUT2D eigenvalue weighted by molar-refractivity contribution is 6.06. The van der Waals surface area contributed by atoms with Gasteiger partial charge in [-0.3, -0.25) is 0 Å². The van der Waals surface area contributed by atoms with Gasteiger partial charge in [0, 0.05) is 27.8 Å². The minimum atomic E-state index is -0.100. The van der Waals surface area contributed by atoms with Gasteiger partial charge in [0.05, 0.1) is 5.69 Å². The van der Waals surface area contributed by atoms with E-state index in [1.54, 1.807) is 11.1 Å². The molecule has 0 amide bonds. The van der Waals surface area contributed by atoms with E-state index in [-0.39, 0.29) is 10.8 Å². The monoisotopic (exact) mass is 813 g/mol. The molecule has 6 aliphatic carbocycles. The standard InChI is InChI=1S/C62H55N/c1-60(2)52-22-9-8-18-50(52)58-54(60)23-13-25-56(58)63(45-28-26-43(27-29-45)48-20-11-17-44-16-10-19-47(57(44)48)42-14-6-5-7-15-42)46-30-31-53-51(35-46)49-21-12-24-55(59(49)61(53,3)4)62-36-39-32-40(37-62)34-41(33-39)38-62/h5-31,35,39-41H,32-34,36-38H2,1-4H3. The number of hydrogen-bond donors (Lipinski definition) is 0. The lowest BCUT2D eigenvalue weighted by Gasteiger charge is -2.58. The van der Waals surface area contributed by atoms with Crippen LogP contribution in [-0.2, 0) is 16.2 Å². The maximum absolute atomic E-state index is 2.56. The van der Waals surface area contributed by atoms with Crippen LogP contribution in [0, 0.1) is 17.8 Å². The van der Waals surface area contributed by atoms with Gasteiger partial charge >= 0.3 is 0 Å². The zero-order valence-electron chi connectivity index (χ0n) is 37.1. The van der Waals surface area contributed by atoms with E-state index in [0.717, 1.165) is 23.4 Å². The van der Waals surface area contributed by atoms with Crippen molar-refractivity contribution in [1.82, 2.24) is 0 Å². The lowest BCUT2D eigenvalue weighted by atomic mass is 9.47. The Hall–Kier alpha value is -6.18. The van der Waals surface area contributed by atoms with Crippen LogP contribution in [0.4, 0.5) is 17.1 Å². The molecule has 308 valence electrons. The molecule has 4 saturated carbocycles. The molecule has 8 aromatic rings. The molecular formula is C62H55N. The van der Waals surface area contributed by atoms with Crippen molar-refractivity contribution in [2.75, 3.05) is 4.90 Å². The van der Waals surface area contributed by atoms with Crippen LogP contribution in [0.25, 0.3) is 55.3 Å². The first kappa shape index (κ1) is 37.4. The minimum Gasteiger partial charge on any atom is -0.310 e. The number of nitrogens with zero attached hydrogens (tertiary/aromatic N) is 1. The molecule has 0 spiro atoms. The Balaban J connectivity index is 0.986. The second kappa shape index (κ2) is 13.4. The topological polar surface area (TPSA) is 3.24 Å². The van der Waals surface area contributed by atoms with Crippen LogP contribution < -0.4 is 4.90 Å². The number of fused-ring (bicyclic) bond motifs is 7. The van der Waals surface area contributed by atoms with E-state index in [1.807, 2.05) is 0 Å². The summed E-state index contributed by atoms with van der Waals surface area (Å²) in [6.07, 6.45) is 8.58. The predicted molar refractivity (Wildman–Crippen MR) is 264 cm³/mol. The van der Waals surface area contributed by atoms with Gasteiger partial charge in [-0.25, -0.2) is 0 Å². The molecule has 0 aromatic heterocycles. The van der Waals surface area contributed by atoms with Crippen molar-refractivity contribution in [2.24, 2.45) is 17.8 Å². The van der Waals surface area contributed by atoms with E-state index >= 15 is 0 Å². The summed E-state index contributed by atoms with van der Waals surface area (Å²) in [6, 6.07) is 64.7. The molecule has 1 heteroatoms. The van der Waals surface area contributed by atoms with Crippen molar-refractivity contribution < 1.29 is 0 Å². The summed E-state index contributed by atoms with van der Waals surface area (Å²) in [5, 5.41) is 2.55. The lowest BCUT2D eigenvalue weighted by Crippen LogP contribution is -2.49. The molecule has 6 aliphatic rings. The zero-order chi connectivity index (χ0) is 42.2. The molecule has 0 unspecified atom stereocenters. The third kappa shape index (κ3) is 5.41. The zero-order valence-corrected chi connectivity index (χ0v) is 37.1. The maximum atomic E-state index is 2.56. The van der Waals surface area contributed by atoms with Crippen molar-refractivity contribution in [2.45, 2.75) is 82.5 Å². The van der Waals surface area contributed by atoms with Gasteiger partial charge in [0.2, 0.25) is 0 Å². The first-order valence-electron chi connectivity index (χ1n) is 23.7. The highest BCUT2D eigenvalue weighted by Gasteiger charge is 2.54. The third-order valence-electron chi connectivity index (χ3n) is 16.8. The van der Waals surface area contributed by atoms with Gasteiger partial charge in [0.1, 0.15) is 0 Å². The average Bonchev–Trinajstić information content (AvgIpc) is 3.68. The predicted octanol–water partition coefficient (Wildman–Crippen LogP) is 16.7. The quantitative estimate of drug-likeness (QED) is 0.162. The Morgan fingerprint density at radius 1 is 0.413 bits per heavy atom. The molecule has 63 heavy (non-hydrogen) atoms. The van der Waals surface area contributed by atoms with Crippen molar-refractivity contribution in [1.29, 1.82) is 0 Å². The average molecular weight is 814 g/mol. The number of benzene rings is 8. The number of hydrogen-bond acceptors (Lipinski definition) is 1. The van der Waals surface area contributed by atoms with Crippen LogP contribution >= 0.6 is 0 Å². The molecule has 0 aliphatic heterocycles. The van der Waals surface area contributed by atoms with E-state index in [9.17, 15) is 0 Å². The summed E-state index contributed by atoms with van der Waals surface area (Å²) in [5.74, 6) is 2.75. The van der Waals surface area contributed by atoms with Crippen molar-refractivity contribution in [3.8, 4) is 44.5 Å². The molecule has 0 heterocycles. The largest absolute Gasteiger partial charge is 0.310 e. The fraction of sp³-hybridized carbons (Fsp3) is 0.258. The van der Waals surface area contributed by atoms with Crippen molar-refractivity contribution in [3.05, 3.63) is 198 Å². The van der Waals surface area contributed by atoms with Gasteiger partial charge < -0.3 is 4.90 Å². The smallest absolute Gasteiger partial charge is 0.0543 e. The Bertz CT molecular complexity index is 3100. The van der Waals surface area contributed by atoms with Crippen molar-refractivity contribution in [3.63, 3.8) is 0 Å². The molecule has 14 rings (SSSR count). The van der Waals surface area contributed by atoms with Crippen LogP contribution in [0.1, 0.15) is 94.0 Å². The van der Waals surface area contributed by atoms with Gasteiger partial charge in [-0.15, -0.1) is 0 Å². The summed E-state index contributed by atoms with van der Waals surface area (Å²) in [4.78, 5) is 2.56. The first-order chi connectivity index (χ1) is 30.7. The third-order valence-corrected chi connectivity index (χ3v) is 16.8. The molecule has 8 aromatic carbocycles. The SMILES string of the molecule is CC1(C)c2ccccc2-c2c(N(c3ccc(-c4cccc5cccc(-c6ccccc6)c45)cc3)c3ccc4c(c3)-c3cccc(C56CC7CC(CC(C7)C5)C6)c3C4(C)C)cccc21. The minimum absolute atomic E-state index is 0.0659. The van der Waals surface area contributed by atoms with E-state index in [1.165, 1.54) is 122 Å². The molecule has 0 radical (unpaired) electrons. The van der Waals surface area contributed by atoms with Crippen LogP contribution in [0.3, 0.4) is 0 Å². The van der Waals surface area contributed by atoms with Gasteiger partial charge in [0.25, 0.3) is 0 Å². The first-order valence-corrected chi connectivity index (χ1v) is 23.7. The molecule has 4 fully saturated rings. The molecule has 1 nitrogen and oxygen atoms in total. The van der Waals surface area contributed by atoms with E-state index in [0.29, 0.717) is 5.41 Å². The highest BCUT2D eigenvalue weighted by atomic mass is 15.1. The second-order valence-corrected chi connectivity index (χ2v) is 21.1. The van der Waals surface area contributed by atoms with Gasteiger partial charge in [0.15, 0.2) is 0 Å². The Labute approximate surface area is 373 Å². The second-order valence-electron chi connectivity index (χ2n) is 21.1. The van der Waals surface area contributed by atoms with E-state index < -0.39 is 0 Å². The Morgan fingerprint density at radius 2 is 0.952 bits per heavy atom. The fourth-order valence-electron chi connectivity index (χ4n) is 14.5. The normalized spacial score (nSPS) is 22.7. The summed E-state index contributed by atoms with van der Waals surface area (Å²) in [7, 11) is 0. The molecule has 4 bridgehead atoms. The lowest BCUT2D eigenvalue weighted by molar-refractivity contribution is -0.00580.